The molecule has 0 bridgehead atoms. The van der Waals surface area contributed by atoms with Crippen molar-refractivity contribution >= 4 is 10.0 Å². The van der Waals surface area contributed by atoms with Gasteiger partial charge < -0.3 is 0 Å². The molecule has 4 nitrogen and oxygen atoms in total. The van der Waals surface area contributed by atoms with E-state index in [9.17, 15) is 12.8 Å². The van der Waals surface area contributed by atoms with Crippen LogP contribution >= 0.6 is 0 Å². The molecular formula is C19H23FN2O2S. The Kier molecular flexibility index (Phi) is 5.51. The molecule has 2 aromatic carbocycles. The molecule has 0 radical (unpaired) electrons. The Morgan fingerprint density at radius 2 is 1.72 bits per heavy atom. The maximum absolute atomic E-state index is 13.8. The molecule has 0 spiro atoms. The van der Waals surface area contributed by atoms with E-state index in [1.54, 1.807) is 0 Å². The molecule has 3 rings (SSSR count). The standard InChI is InChI=1S/C19H23FN2O2S/c1-15-6-2-3-7-16(15)14-22-12-10-17(11-13-22)21-25(23,24)19-9-5-4-8-18(19)20/h2-9,17,21H,10-14H2,1H3. The normalized spacial score (nSPS) is 16.9. The van der Waals surface area contributed by atoms with Gasteiger partial charge in [0.2, 0.25) is 10.0 Å². The summed E-state index contributed by atoms with van der Waals surface area (Å²) in [5.41, 5.74) is 2.57. The minimum Gasteiger partial charge on any atom is -0.299 e. The zero-order valence-electron chi connectivity index (χ0n) is 14.3. The van der Waals surface area contributed by atoms with Crippen LogP contribution in [-0.4, -0.2) is 32.4 Å². The molecule has 1 saturated heterocycles. The fourth-order valence-electron chi connectivity index (χ4n) is 3.18. The number of hydrogen-bond acceptors (Lipinski definition) is 3. The number of nitrogens with one attached hydrogen (secondary N) is 1. The molecule has 1 fully saturated rings. The lowest BCUT2D eigenvalue weighted by atomic mass is 10.0. The first-order chi connectivity index (χ1) is 12.0. The summed E-state index contributed by atoms with van der Waals surface area (Å²) in [6.45, 7) is 4.61. The van der Waals surface area contributed by atoms with Crippen LogP contribution in [0.15, 0.2) is 53.4 Å². The second-order valence-corrected chi connectivity index (χ2v) is 8.21. The predicted molar refractivity (Wildman–Crippen MR) is 96.2 cm³/mol. The first kappa shape index (κ1) is 18.0. The first-order valence-corrected chi connectivity index (χ1v) is 9.98. The Balaban J connectivity index is 1.58. The molecule has 1 heterocycles. The zero-order valence-corrected chi connectivity index (χ0v) is 15.1. The van der Waals surface area contributed by atoms with Gasteiger partial charge in [-0.25, -0.2) is 17.5 Å². The highest BCUT2D eigenvalue weighted by Crippen LogP contribution is 2.19. The molecule has 0 atom stereocenters. The number of piperidine rings is 1. The van der Waals surface area contributed by atoms with E-state index in [1.807, 2.05) is 12.1 Å². The van der Waals surface area contributed by atoms with Crippen LogP contribution in [0, 0.1) is 12.7 Å². The summed E-state index contributed by atoms with van der Waals surface area (Å²) in [6, 6.07) is 13.6. The summed E-state index contributed by atoms with van der Waals surface area (Å²) in [7, 11) is -3.82. The summed E-state index contributed by atoms with van der Waals surface area (Å²) < 4.78 is 41.2. The van der Waals surface area contributed by atoms with Crippen LogP contribution in [0.4, 0.5) is 4.39 Å². The van der Waals surface area contributed by atoms with Crippen molar-refractivity contribution in [3.63, 3.8) is 0 Å². The lowest BCUT2D eigenvalue weighted by Gasteiger charge is -2.32. The van der Waals surface area contributed by atoms with Gasteiger partial charge in [-0.3, -0.25) is 4.90 Å². The Morgan fingerprint density at radius 3 is 2.40 bits per heavy atom. The summed E-state index contributed by atoms with van der Waals surface area (Å²) in [6.07, 6.45) is 1.44. The lowest BCUT2D eigenvalue weighted by molar-refractivity contribution is 0.199. The van der Waals surface area contributed by atoms with Crippen molar-refractivity contribution in [2.75, 3.05) is 13.1 Å². The summed E-state index contributed by atoms with van der Waals surface area (Å²) in [5.74, 6) is -0.716. The van der Waals surface area contributed by atoms with E-state index >= 15 is 0 Å². The Morgan fingerprint density at radius 1 is 1.08 bits per heavy atom. The second kappa shape index (κ2) is 7.64. The Hall–Kier alpha value is -1.76. The van der Waals surface area contributed by atoms with E-state index in [4.69, 9.17) is 0 Å². The third-order valence-corrected chi connectivity index (χ3v) is 6.24. The van der Waals surface area contributed by atoms with E-state index in [0.29, 0.717) is 0 Å². The van der Waals surface area contributed by atoms with Crippen molar-refractivity contribution in [2.45, 2.75) is 37.2 Å². The van der Waals surface area contributed by atoms with Crippen LogP contribution in [0.1, 0.15) is 24.0 Å². The highest BCUT2D eigenvalue weighted by molar-refractivity contribution is 7.89. The van der Waals surface area contributed by atoms with E-state index < -0.39 is 15.8 Å². The molecule has 25 heavy (non-hydrogen) atoms. The topological polar surface area (TPSA) is 49.4 Å². The maximum Gasteiger partial charge on any atom is 0.243 e. The second-order valence-electron chi connectivity index (χ2n) is 6.53. The SMILES string of the molecule is Cc1ccccc1CN1CCC(NS(=O)(=O)c2ccccc2F)CC1. The number of halogens is 1. The van der Waals surface area contributed by atoms with Gasteiger partial charge in [-0.15, -0.1) is 0 Å². The van der Waals surface area contributed by atoms with Gasteiger partial charge in [0.1, 0.15) is 10.7 Å². The number of rotatable bonds is 5. The minimum atomic E-state index is -3.82. The smallest absolute Gasteiger partial charge is 0.243 e. The third-order valence-electron chi connectivity index (χ3n) is 4.69. The first-order valence-electron chi connectivity index (χ1n) is 8.49. The van der Waals surface area contributed by atoms with Crippen LogP contribution in [0.2, 0.25) is 0 Å². The fraction of sp³-hybridized carbons (Fsp3) is 0.368. The molecule has 1 aliphatic heterocycles. The predicted octanol–water partition coefficient (Wildman–Crippen LogP) is 3.08. The summed E-state index contributed by atoms with van der Waals surface area (Å²) in [4.78, 5) is 2.05. The van der Waals surface area contributed by atoms with Crippen molar-refractivity contribution < 1.29 is 12.8 Å². The van der Waals surface area contributed by atoms with E-state index in [2.05, 4.69) is 28.7 Å². The quantitative estimate of drug-likeness (QED) is 0.889. The number of benzene rings is 2. The van der Waals surface area contributed by atoms with Crippen molar-refractivity contribution in [3.05, 3.63) is 65.5 Å². The van der Waals surface area contributed by atoms with Gasteiger partial charge in [-0.2, -0.15) is 0 Å². The van der Waals surface area contributed by atoms with E-state index in [1.165, 1.54) is 35.4 Å². The average Bonchev–Trinajstić information content (AvgIpc) is 2.58. The van der Waals surface area contributed by atoms with Crippen LogP contribution < -0.4 is 4.72 Å². The number of nitrogens with zero attached hydrogens (tertiary/aromatic N) is 1. The van der Waals surface area contributed by atoms with Crippen LogP contribution in [-0.2, 0) is 16.6 Å². The van der Waals surface area contributed by atoms with E-state index in [0.717, 1.165) is 32.5 Å². The van der Waals surface area contributed by atoms with Crippen LogP contribution in [0.3, 0.4) is 0 Å². The lowest BCUT2D eigenvalue weighted by Crippen LogP contribution is -2.44. The molecule has 0 unspecified atom stereocenters. The van der Waals surface area contributed by atoms with Crippen molar-refractivity contribution in [1.82, 2.24) is 9.62 Å². The molecule has 0 aromatic heterocycles. The van der Waals surface area contributed by atoms with Crippen LogP contribution in [0.5, 0.6) is 0 Å². The molecular weight excluding hydrogens is 339 g/mol. The van der Waals surface area contributed by atoms with Crippen LogP contribution in [0.25, 0.3) is 0 Å². The molecule has 1 aliphatic rings. The monoisotopic (exact) mass is 362 g/mol. The van der Waals surface area contributed by atoms with Gasteiger partial charge in [0.25, 0.3) is 0 Å². The minimum absolute atomic E-state index is 0.155. The van der Waals surface area contributed by atoms with Gasteiger partial charge in [-0.1, -0.05) is 36.4 Å². The fourth-order valence-corrected chi connectivity index (χ4v) is 4.57. The Bertz CT molecular complexity index is 831. The maximum atomic E-state index is 13.8. The van der Waals surface area contributed by atoms with Gasteiger partial charge in [0.15, 0.2) is 0 Å². The average molecular weight is 362 g/mol. The molecule has 0 amide bonds. The number of hydrogen-bond donors (Lipinski definition) is 1. The number of likely N-dealkylation sites (tertiary alicyclic amines) is 1. The largest absolute Gasteiger partial charge is 0.299 e. The number of aryl methyl sites for hydroxylation is 1. The highest BCUT2D eigenvalue weighted by Gasteiger charge is 2.26. The number of sulfonamides is 1. The molecule has 0 aliphatic carbocycles. The summed E-state index contributed by atoms with van der Waals surface area (Å²) in [5, 5.41) is 0. The summed E-state index contributed by atoms with van der Waals surface area (Å²) >= 11 is 0. The van der Waals surface area contributed by atoms with Crippen molar-refractivity contribution in [3.8, 4) is 0 Å². The molecule has 1 N–H and O–H groups in total. The van der Waals surface area contributed by atoms with Gasteiger partial charge in [0.05, 0.1) is 0 Å². The molecule has 0 saturated carbocycles. The van der Waals surface area contributed by atoms with Gasteiger partial charge in [0, 0.05) is 25.7 Å². The van der Waals surface area contributed by atoms with Crippen molar-refractivity contribution in [2.24, 2.45) is 0 Å². The third kappa shape index (κ3) is 4.45. The van der Waals surface area contributed by atoms with Gasteiger partial charge in [-0.05, 0) is 43.0 Å². The zero-order chi connectivity index (χ0) is 17.9. The van der Waals surface area contributed by atoms with E-state index in [-0.39, 0.29) is 10.9 Å². The Labute approximate surface area is 148 Å². The molecule has 134 valence electrons. The van der Waals surface area contributed by atoms with Gasteiger partial charge >= 0.3 is 0 Å². The van der Waals surface area contributed by atoms with Crippen molar-refractivity contribution in [1.29, 1.82) is 0 Å². The molecule has 2 aromatic rings. The highest BCUT2D eigenvalue weighted by atomic mass is 32.2. The molecule has 6 heteroatoms.